The summed E-state index contributed by atoms with van der Waals surface area (Å²) in [7, 11) is -3.04. The number of anilines is 1. The van der Waals surface area contributed by atoms with Crippen molar-refractivity contribution >= 4 is 21.4 Å². The zero-order chi connectivity index (χ0) is 16.6. The van der Waals surface area contributed by atoms with Crippen LogP contribution in [0.5, 0.6) is 11.5 Å². The lowest BCUT2D eigenvalue weighted by molar-refractivity contribution is -0.116. The van der Waals surface area contributed by atoms with Crippen molar-refractivity contribution in [1.29, 1.82) is 0 Å². The van der Waals surface area contributed by atoms with E-state index in [0.29, 0.717) is 36.8 Å². The number of amides is 1. The van der Waals surface area contributed by atoms with E-state index in [9.17, 15) is 13.2 Å². The van der Waals surface area contributed by atoms with Crippen molar-refractivity contribution in [1.82, 2.24) is 0 Å². The van der Waals surface area contributed by atoms with Gasteiger partial charge in [0.15, 0.2) is 11.5 Å². The molecule has 0 radical (unpaired) electrons. The fourth-order valence-corrected chi connectivity index (χ4v) is 2.52. The third kappa shape index (κ3) is 6.80. The van der Waals surface area contributed by atoms with Gasteiger partial charge in [-0.05, 0) is 32.4 Å². The molecule has 124 valence electrons. The quantitative estimate of drug-likeness (QED) is 0.751. The summed E-state index contributed by atoms with van der Waals surface area (Å²) in [6.07, 6.45) is 1.62. The Kier molecular flexibility index (Phi) is 7.17. The summed E-state index contributed by atoms with van der Waals surface area (Å²) in [5.74, 6) is 0.974. The molecule has 1 aromatic rings. The van der Waals surface area contributed by atoms with Crippen LogP contribution in [0, 0.1) is 0 Å². The van der Waals surface area contributed by atoms with E-state index in [2.05, 4.69) is 5.32 Å². The molecule has 0 aliphatic carbocycles. The molecule has 1 N–H and O–H groups in total. The summed E-state index contributed by atoms with van der Waals surface area (Å²) in [4.78, 5) is 11.8. The molecule has 0 bridgehead atoms. The highest BCUT2D eigenvalue weighted by molar-refractivity contribution is 7.90. The first-order valence-corrected chi connectivity index (χ1v) is 9.29. The second-order valence-corrected chi connectivity index (χ2v) is 7.07. The Labute approximate surface area is 131 Å². The summed E-state index contributed by atoms with van der Waals surface area (Å²) in [5.41, 5.74) is 0.594. The molecule has 0 spiro atoms. The molecular formula is C15H23NO5S. The minimum atomic E-state index is -3.04. The first kappa shape index (κ1) is 18.3. The molecule has 0 heterocycles. The second kappa shape index (κ2) is 8.63. The molecule has 1 amide bonds. The Morgan fingerprint density at radius 2 is 1.77 bits per heavy atom. The third-order valence-corrected chi connectivity index (χ3v) is 3.78. The van der Waals surface area contributed by atoms with Gasteiger partial charge in [0.1, 0.15) is 9.84 Å². The van der Waals surface area contributed by atoms with Gasteiger partial charge in [0, 0.05) is 24.4 Å². The normalized spacial score (nSPS) is 11.0. The van der Waals surface area contributed by atoms with Crippen molar-refractivity contribution in [2.24, 2.45) is 0 Å². The maximum atomic E-state index is 11.8. The molecule has 0 saturated carbocycles. The standard InChI is InChI=1S/C15H23NO5S/c1-4-20-13-9-8-12(11-14(13)21-5-2)16-15(17)7-6-10-22(3,18)19/h8-9,11H,4-7,10H2,1-3H3,(H,16,17). The first-order chi connectivity index (χ1) is 10.4. The summed E-state index contributed by atoms with van der Waals surface area (Å²) in [6.45, 7) is 4.77. The molecule has 0 aliphatic heterocycles. The minimum absolute atomic E-state index is 0.00783. The average Bonchev–Trinajstić information content (AvgIpc) is 2.40. The number of hydrogen-bond acceptors (Lipinski definition) is 5. The highest BCUT2D eigenvalue weighted by Crippen LogP contribution is 2.30. The largest absolute Gasteiger partial charge is 0.490 e. The molecule has 0 unspecified atom stereocenters. The summed E-state index contributed by atoms with van der Waals surface area (Å²) in [5, 5.41) is 2.73. The SMILES string of the molecule is CCOc1ccc(NC(=O)CCCS(C)(=O)=O)cc1OCC. The lowest BCUT2D eigenvalue weighted by atomic mass is 10.2. The molecular weight excluding hydrogens is 306 g/mol. The van der Waals surface area contributed by atoms with Crippen LogP contribution in [0.2, 0.25) is 0 Å². The number of ether oxygens (including phenoxy) is 2. The molecule has 0 atom stereocenters. The molecule has 7 heteroatoms. The summed E-state index contributed by atoms with van der Waals surface area (Å²) in [6, 6.07) is 5.16. The van der Waals surface area contributed by atoms with Crippen molar-refractivity contribution in [3.63, 3.8) is 0 Å². The van der Waals surface area contributed by atoms with Crippen LogP contribution in [0.15, 0.2) is 18.2 Å². The van der Waals surface area contributed by atoms with E-state index in [1.165, 1.54) is 0 Å². The van der Waals surface area contributed by atoms with Gasteiger partial charge in [0.25, 0.3) is 0 Å². The predicted octanol–water partition coefficient (Wildman–Crippen LogP) is 2.25. The van der Waals surface area contributed by atoms with E-state index in [0.717, 1.165) is 6.26 Å². The van der Waals surface area contributed by atoms with Crippen molar-refractivity contribution < 1.29 is 22.7 Å². The van der Waals surface area contributed by atoms with Gasteiger partial charge in [-0.3, -0.25) is 4.79 Å². The van der Waals surface area contributed by atoms with Crippen LogP contribution in [0.25, 0.3) is 0 Å². The van der Waals surface area contributed by atoms with Crippen LogP contribution in [-0.4, -0.2) is 39.5 Å². The van der Waals surface area contributed by atoms with E-state index in [1.54, 1.807) is 18.2 Å². The highest BCUT2D eigenvalue weighted by atomic mass is 32.2. The molecule has 0 aromatic heterocycles. The van der Waals surface area contributed by atoms with Gasteiger partial charge in [-0.15, -0.1) is 0 Å². The number of carbonyl (C=O) groups excluding carboxylic acids is 1. The summed E-state index contributed by atoms with van der Waals surface area (Å²) >= 11 is 0. The van der Waals surface area contributed by atoms with Crippen molar-refractivity contribution in [3.05, 3.63) is 18.2 Å². The fourth-order valence-electron chi connectivity index (χ4n) is 1.85. The Hall–Kier alpha value is -1.76. The minimum Gasteiger partial charge on any atom is -0.490 e. The van der Waals surface area contributed by atoms with Crippen molar-refractivity contribution in [2.75, 3.05) is 30.5 Å². The molecule has 1 aromatic carbocycles. The smallest absolute Gasteiger partial charge is 0.224 e. The Morgan fingerprint density at radius 1 is 1.14 bits per heavy atom. The molecule has 0 fully saturated rings. The Bertz CT molecular complexity index is 598. The van der Waals surface area contributed by atoms with E-state index >= 15 is 0 Å². The fraction of sp³-hybridized carbons (Fsp3) is 0.533. The van der Waals surface area contributed by atoms with Gasteiger partial charge in [0.05, 0.1) is 19.0 Å². The number of benzene rings is 1. The number of hydrogen-bond donors (Lipinski definition) is 1. The van der Waals surface area contributed by atoms with Crippen LogP contribution in [-0.2, 0) is 14.6 Å². The van der Waals surface area contributed by atoms with Gasteiger partial charge in [0.2, 0.25) is 5.91 Å². The van der Waals surface area contributed by atoms with Crippen LogP contribution in [0.1, 0.15) is 26.7 Å². The van der Waals surface area contributed by atoms with Gasteiger partial charge >= 0.3 is 0 Å². The molecule has 6 nitrogen and oxygen atoms in total. The first-order valence-electron chi connectivity index (χ1n) is 7.23. The summed E-state index contributed by atoms with van der Waals surface area (Å²) < 4.78 is 33.0. The topological polar surface area (TPSA) is 81.7 Å². The van der Waals surface area contributed by atoms with Crippen LogP contribution < -0.4 is 14.8 Å². The molecule has 0 aliphatic rings. The highest BCUT2D eigenvalue weighted by Gasteiger charge is 2.09. The van der Waals surface area contributed by atoms with Crippen LogP contribution in [0.3, 0.4) is 0 Å². The number of carbonyl (C=O) groups is 1. The van der Waals surface area contributed by atoms with E-state index < -0.39 is 9.84 Å². The second-order valence-electron chi connectivity index (χ2n) is 4.81. The zero-order valence-electron chi connectivity index (χ0n) is 13.2. The van der Waals surface area contributed by atoms with Crippen molar-refractivity contribution in [3.8, 4) is 11.5 Å². The maximum Gasteiger partial charge on any atom is 0.224 e. The van der Waals surface area contributed by atoms with Crippen LogP contribution in [0.4, 0.5) is 5.69 Å². The number of rotatable bonds is 9. The average molecular weight is 329 g/mol. The van der Waals surface area contributed by atoms with Crippen LogP contribution >= 0.6 is 0 Å². The van der Waals surface area contributed by atoms with E-state index in [4.69, 9.17) is 9.47 Å². The van der Waals surface area contributed by atoms with Gasteiger partial charge in [-0.25, -0.2) is 8.42 Å². The molecule has 22 heavy (non-hydrogen) atoms. The van der Waals surface area contributed by atoms with Gasteiger partial charge < -0.3 is 14.8 Å². The van der Waals surface area contributed by atoms with Gasteiger partial charge in [-0.2, -0.15) is 0 Å². The lowest BCUT2D eigenvalue weighted by Gasteiger charge is -2.13. The number of nitrogens with one attached hydrogen (secondary N) is 1. The van der Waals surface area contributed by atoms with Gasteiger partial charge in [-0.1, -0.05) is 0 Å². The number of sulfone groups is 1. The molecule has 0 saturated heterocycles. The zero-order valence-corrected chi connectivity index (χ0v) is 14.0. The maximum absolute atomic E-state index is 11.8. The van der Waals surface area contributed by atoms with E-state index in [-0.39, 0.29) is 18.1 Å². The van der Waals surface area contributed by atoms with Crippen molar-refractivity contribution in [2.45, 2.75) is 26.7 Å². The third-order valence-electron chi connectivity index (χ3n) is 2.75. The Balaban J connectivity index is 2.64. The lowest BCUT2D eigenvalue weighted by Crippen LogP contribution is -2.13. The predicted molar refractivity (Wildman–Crippen MR) is 86.4 cm³/mol. The monoisotopic (exact) mass is 329 g/mol. The van der Waals surface area contributed by atoms with E-state index in [1.807, 2.05) is 13.8 Å². The Morgan fingerprint density at radius 3 is 2.36 bits per heavy atom. The molecule has 1 rings (SSSR count).